The molecule has 1 fully saturated rings. The average Bonchev–Trinajstić information content (AvgIpc) is 3.30. The Kier molecular flexibility index (Phi) is 7.23. The van der Waals surface area contributed by atoms with Gasteiger partial charge in [-0.25, -0.2) is 8.42 Å². The third-order valence-corrected chi connectivity index (χ3v) is 7.30. The standard InChI is InChI=1S/C23H30N2O5S/c1-5-20(30-22-14-16(2)8-9-17(22)3)23(26)24-19-15-18(10-11-21(19)29-4)31(27,28)25-12-6-7-13-25/h8-11,14-15,20H,5-7,12-13H2,1-4H3,(H,24,26). The van der Waals surface area contributed by atoms with Crippen LogP contribution < -0.4 is 14.8 Å². The van der Waals surface area contributed by atoms with Gasteiger partial charge in [0.25, 0.3) is 5.91 Å². The van der Waals surface area contributed by atoms with Crippen molar-refractivity contribution in [2.24, 2.45) is 0 Å². The summed E-state index contributed by atoms with van der Waals surface area (Å²) in [6, 6.07) is 10.4. The number of aryl methyl sites for hydroxylation is 2. The fourth-order valence-corrected chi connectivity index (χ4v) is 5.09. The van der Waals surface area contributed by atoms with Crippen LogP contribution in [0.2, 0.25) is 0 Å². The van der Waals surface area contributed by atoms with Crippen molar-refractivity contribution in [3.05, 3.63) is 47.5 Å². The molecule has 1 unspecified atom stereocenters. The molecule has 0 radical (unpaired) electrons. The Labute approximate surface area is 184 Å². The van der Waals surface area contributed by atoms with E-state index in [1.54, 1.807) is 6.07 Å². The zero-order valence-corrected chi connectivity index (χ0v) is 19.3. The minimum absolute atomic E-state index is 0.133. The third kappa shape index (κ3) is 5.19. The summed E-state index contributed by atoms with van der Waals surface area (Å²) < 4.78 is 38.6. The van der Waals surface area contributed by atoms with E-state index in [4.69, 9.17) is 9.47 Å². The zero-order valence-electron chi connectivity index (χ0n) is 18.5. The van der Waals surface area contributed by atoms with Crippen LogP contribution >= 0.6 is 0 Å². The first kappa shape index (κ1) is 23.1. The number of hydrogen-bond donors (Lipinski definition) is 1. The van der Waals surface area contributed by atoms with Gasteiger partial charge in [-0.05, 0) is 68.5 Å². The second kappa shape index (κ2) is 9.70. The van der Waals surface area contributed by atoms with Gasteiger partial charge in [-0.1, -0.05) is 19.1 Å². The molecule has 1 saturated heterocycles. The molecule has 1 N–H and O–H groups in total. The lowest BCUT2D eigenvalue weighted by Crippen LogP contribution is -2.33. The molecule has 0 spiro atoms. The second-order valence-electron chi connectivity index (χ2n) is 7.75. The number of nitrogens with one attached hydrogen (secondary N) is 1. The molecule has 1 heterocycles. The quantitative estimate of drug-likeness (QED) is 0.665. The van der Waals surface area contributed by atoms with Gasteiger partial charge >= 0.3 is 0 Å². The molecule has 0 saturated carbocycles. The van der Waals surface area contributed by atoms with Crippen LogP contribution in [-0.4, -0.2) is 44.9 Å². The SMILES string of the molecule is CCC(Oc1cc(C)ccc1C)C(=O)Nc1cc(S(=O)(=O)N2CCCC2)ccc1OC. The van der Waals surface area contributed by atoms with Gasteiger partial charge < -0.3 is 14.8 Å². The van der Waals surface area contributed by atoms with Crippen LogP contribution in [0.4, 0.5) is 5.69 Å². The molecule has 2 aromatic carbocycles. The summed E-state index contributed by atoms with van der Waals surface area (Å²) in [6.45, 7) is 6.77. The van der Waals surface area contributed by atoms with Crippen LogP contribution in [0, 0.1) is 13.8 Å². The van der Waals surface area contributed by atoms with Crippen molar-refractivity contribution in [2.45, 2.75) is 51.0 Å². The maximum Gasteiger partial charge on any atom is 0.265 e. The smallest absolute Gasteiger partial charge is 0.265 e. The van der Waals surface area contributed by atoms with E-state index in [0.29, 0.717) is 36.7 Å². The van der Waals surface area contributed by atoms with Crippen LogP contribution in [0.15, 0.2) is 41.3 Å². The molecule has 0 bridgehead atoms. The van der Waals surface area contributed by atoms with E-state index >= 15 is 0 Å². The normalized spacial score (nSPS) is 15.5. The first-order chi connectivity index (χ1) is 14.8. The molecule has 1 aliphatic heterocycles. The van der Waals surface area contributed by atoms with E-state index in [-0.39, 0.29) is 10.8 Å². The highest BCUT2D eigenvalue weighted by Crippen LogP contribution is 2.31. The Hall–Kier alpha value is -2.58. The molecule has 0 aromatic heterocycles. The van der Waals surface area contributed by atoms with Crippen molar-refractivity contribution in [3.8, 4) is 11.5 Å². The first-order valence-electron chi connectivity index (χ1n) is 10.5. The Morgan fingerprint density at radius 3 is 2.45 bits per heavy atom. The number of methoxy groups -OCH3 is 1. The fourth-order valence-electron chi connectivity index (χ4n) is 3.55. The summed E-state index contributed by atoms with van der Waals surface area (Å²) in [4.78, 5) is 13.1. The van der Waals surface area contributed by atoms with Crippen LogP contribution in [0.5, 0.6) is 11.5 Å². The summed E-state index contributed by atoms with van der Waals surface area (Å²) in [5, 5.41) is 2.80. The van der Waals surface area contributed by atoms with Crippen molar-refractivity contribution in [2.75, 3.05) is 25.5 Å². The van der Waals surface area contributed by atoms with Gasteiger partial charge in [0.15, 0.2) is 6.10 Å². The van der Waals surface area contributed by atoms with E-state index in [1.165, 1.54) is 23.5 Å². The van der Waals surface area contributed by atoms with Gasteiger partial charge in [0.1, 0.15) is 11.5 Å². The largest absolute Gasteiger partial charge is 0.495 e. The average molecular weight is 447 g/mol. The summed E-state index contributed by atoms with van der Waals surface area (Å²) in [5.74, 6) is 0.673. The predicted octanol–water partition coefficient (Wildman–Crippen LogP) is 3.89. The van der Waals surface area contributed by atoms with E-state index < -0.39 is 16.1 Å². The number of sulfonamides is 1. The van der Waals surface area contributed by atoms with Crippen LogP contribution in [0.25, 0.3) is 0 Å². The lowest BCUT2D eigenvalue weighted by Gasteiger charge is -2.21. The molecule has 3 rings (SSSR count). The maximum atomic E-state index is 13.0. The number of nitrogens with zero attached hydrogens (tertiary/aromatic N) is 1. The minimum Gasteiger partial charge on any atom is -0.495 e. The van der Waals surface area contributed by atoms with Crippen molar-refractivity contribution in [3.63, 3.8) is 0 Å². The molecule has 1 atom stereocenters. The summed E-state index contributed by atoms with van der Waals surface area (Å²) in [6.07, 6.45) is 1.43. The van der Waals surface area contributed by atoms with Gasteiger partial charge in [-0.3, -0.25) is 4.79 Å². The summed E-state index contributed by atoms with van der Waals surface area (Å²) >= 11 is 0. The number of rotatable bonds is 8. The van der Waals surface area contributed by atoms with Crippen molar-refractivity contribution >= 4 is 21.6 Å². The van der Waals surface area contributed by atoms with E-state index in [9.17, 15) is 13.2 Å². The van der Waals surface area contributed by atoms with Crippen LogP contribution in [-0.2, 0) is 14.8 Å². The number of benzene rings is 2. The molecule has 7 nitrogen and oxygen atoms in total. The van der Waals surface area contributed by atoms with E-state index in [2.05, 4.69) is 5.32 Å². The van der Waals surface area contributed by atoms with E-state index in [0.717, 1.165) is 24.0 Å². The van der Waals surface area contributed by atoms with E-state index in [1.807, 2.05) is 39.0 Å². The molecule has 31 heavy (non-hydrogen) atoms. The van der Waals surface area contributed by atoms with Gasteiger partial charge in [0.2, 0.25) is 10.0 Å². The molecule has 8 heteroatoms. The van der Waals surface area contributed by atoms with Gasteiger partial charge in [-0.15, -0.1) is 0 Å². The molecular weight excluding hydrogens is 416 g/mol. The molecule has 1 aliphatic rings. The number of anilines is 1. The first-order valence-corrected chi connectivity index (χ1v) is 11.9. The maximum absolute atomic E-state index is 13.0. The summed E-state index contributed by atoms with van der Waals surface area (Å²) in [5.41, 5.74) is 2.28. The lowest BCUT2D eigenvalue weighted by molar-refractivity contribution is -0.122. The Morgan fingerprint density at radius 2 is 1.81 bits per heavy atom. The number of carbonyl (C=O) groups is 1. The highest BCUT2D eigenvalue weighted by atomic mass is 32.2. The zero-order chi connectivity index (χ0) is 22.6. The molecule has 2 aromatic rings. The van der Waals surface area contributed by atoms with Gasteiger partial charge in [0, 0.05) is 13.1 Å². The highest BCUT2D eigenvalue weighted by Gasteiger charge is 2.28. The minimum atomic E-state index is -3.61. The number of carbonyl (C=O) groups excluding carboxylic acids is 1. The Morgan fingerprint density at radius 1 is 1.10 bits per heavy atom. The fraction of sp³-hybridized carbons (Fsp3) is 0.435. The topological polar surface area (TPSA) is 84.9 Å². The lowest BCUT2D eigenvalue weighted by atomic mass is 10.1. The Balaban J connectivity index is 1.84. The predicted molar refractivity (Wildman–Crippen MR) is 120 cm³/mol. The third-order valence-electron chi connectivity index (χ3n) is 5.41. The van der Waals surface area contributed by atoms with Crippen LogP contribution in [0.1, 0.15) is 37.3 Å². The van der Waals surface area contributed by atoms with Crippen molar-refractivity contribution < 1.29 is 22.7 Å². The highest BCUT2D eigenvalue weighted by molar-refractivity contribution is 7.89. The molecule has 1 amide bonds. The van der Waals surface area contributed by atoms with Crippen molar-refractivity contribution in [1.29, 1.82) is 0 Å². The van der Waals surface area contributed by atoms with Gasteiger partial charge in [0.05, 0.1) is 17.7 Å². The number of amides is 1. The number of hydrogen-bond acceptors (Lipinski definition) is 5. The van der Waals surface area contributed by atoms with Crippen LogP contribution in [0.3, 0.4) is 0 Å². The van der Waals surface area contributed by atoms with Gasteiger partial charge in [-0.2, -0.15) is 4.31 Å². The molecular formula is C23H30N2O5S. The second-order valence-corrected chi connectivity index (χ2v) is 9.68. The molecule has 0 aliphatic carbocycles. The monoisotopic (exact) mass is 446 g/mol. The molecule has 168 valence electrons. The van der Waals surface area contributed by atoms with Crippen molar-refractivity contribution in [1.82, 2.24) is 4.31 Å². The number of ether oxygens (including phenoxy) is 2. The Bertz CT molecular complexity index is 1050. The summed E-state index contributed by atoms with van der Waals surface area (Å²) in [7, 11) is -2.14.